The first-order valence-corrected chi connectivity index (χ1v) is 7.15. The quantitative estimate of drug-likeness (QED) is 0.795. The van der Waals surface area contributed by atoms with Gasteiger partial charge < -0.3 is 9.47 Å². The van der Waals surface area contributed by atoms with Gasteiger partial charge in [0.2, 0.25) is 0 Å². The normalized spacial score (nSPS) is 11.1. The van der Waals surface area contributed by atoms with Gasteiger partial charge in [-0.25, -0.2) is 15.0 Å². The highest BCUT2D eigenvalue weighted by Gasteiger charge is 2.13. The Bertz CT molecular complexity index is 579. The number of hydrogen-bond acceptors (Lipinski definition) is 4. The Kier molecular flexibility index (Phi) is 4.60. The summed E-state index contributed by atoms with van der Waals surface area (Å²) in [5.74, 6) is 2.49. The molecular formula is C14H20ClN5. The SMILES string of the molecule is CC(C)c1ncc(N(C)Cc2nccn2C)c(CCl)n1. The first-order valence-electron chi connectivity index (χ1n) is 6.62. The van der Waals surface area contributed by atoms with Crippen LogP contribution in [0.5, 0.6) is 0 Å². The molecule has 0 fully saturated rings. The second-order valence-electron chi connectivity index (χ2n) is 5.16. The number of alkyl halides is 1. The van der Waals surface area contributed by atoms with E-state index in [2.05, 4.69) is 33.7 Å². The molecule has 0 unspecified atom stereocenters. The molecule has 6 heteroatoms. The van der Waals surface area contributed by atoms with E-state index in [0.717, 1.165) is 23.0 Å². The molecule has 0 saturated heterocycles. The fraction of sp³-hybridized carbons (Fsp3) is 0.500. The Morgan fingerprint density at radius 2 is 2.10 bits per heavy atom. The van der Waals surface area contributed by atoms with Gasteiger partial charge in [-0.05, 0) is 0 Å². The number of imidazole rings is 1. The van der Waals surface area contributed by atoms with E-state index in [4.69, 9.17) is 11.6 Å². The van der Waals surface area contributed by atoms with E-state index in [1.807, 2.05) is 31.1 Å². The van der Waals surface area contributed by atoms with Crippen LogP contribution in [0, 0.1) is 0 Å². The number of nitrogens with zero attached hydrogens (tertiary/aromatic N) is 5. The van der Waals surface area contributed by atoms with Gasteiger partial charge in [-0.2, -0.15) is 0 Å². The third-order valence-electron chi connectivity index (χ3n) is 3.22. The molecule has 0 bridgehead atoms. The smallest absolute Gasteiger partial charge is 0.131 e. The minimum absolute atomic E-state index is 0.297. The summed E-state index contributed by atoms with van der Waals surface area (Å²) in [5, 5.41) is 0. The van der Waals surface area contributed by atoms with E-state index in [9.17, 15) is 0 Å². The van der Waals surface area contributed by atoms with Crippen molar-refractivity contribution in [3.63, 3.8) is 0 Å². The molecule has 2 rings (SSSR count). The Hall–Kier alpha value is -1.62. The molecule has 0 atom stereocenters. The van der Waals surface area contributed by atoms with E-state index in [0.29, 0.717) is 18.3 Å². The minimum Gasteiger partial charge on any atom is -0.364 e. The van der Waals surface area contributed by atoms with Crippen molar-refractivity contribution in [1.82, 2.24) is 19.5 Å². The van der Waals surface area contributed by atoms with Crippen molar-refractivity contribution < 1.29 is 0 Å². The van der Waals surface area contributed by atoms with Gasteiger partial charge in [0.05, 0.1) is 30.0 Å². The van der Waals surface area contributed by atoms with Crippen molar-refractivity contribution in [2.45, 2.75) is 32.2 Å². The lowest BCUT2D eigenvalue weighted by atomic mass is 10.2. The molecule has 0 amide bonds. The standard InChI is InChI=1S/C14H20ClN5/c1-10(2)14-17-8-12(11(7-15)18-14)20(4)9-13-16-5-6-19(13)3/h5-6,8,10H,7,9H2,1-4H3. The highest BCUT2D eigenvalue weighted by Crippen LogP contribution is 2.22. The molecule has 2 aromatic heterocycles. The Balaban J connectivity index is 2.25. The summed E-state index contributed by atoms with van der Waals surface area (Å²) in [4.78, 5) is 15.4. The molecule has 0 aromatic carbocycles. The average molecular weight is 294 g/mol. The first kappa shape index (κ1) is 14.8. The lowest BCUT2D eigenvalue weighted by molar-refractivity contribution is 0.739. The predicted octanol–water partition coefficient (Wildman–Crippen LogP) is 2.71. The van der Waals surface area contributed by atoms with Gasteiger partial charge in [-0.15, -0.1) is 11.6 Å². The van der Waals surface area contributed by atoms with Crippen LogP contribution < -0.4 is 4.90 Å². The number of rotatable bonds is 5. The zero-order chi connectivity index (χ0) is 14.7. The molecule has 2 aromatic rings. The van der Waals surface area contributed by atoms with Gasteiger partial charge >= 0.3 is 0 Å². The maximum absolute atomic E-state index is 6.03. The Morgan fingerprint density at radius 1 is 1.35 bits per heavy atom. The summed E-state index contributed by atoms with van der Waals surface area (Å²) in [6.45, 7) is 4.84. The highest BCUT2D eigenvalue weighted by molar-refractivity contribution is 6.17. The largest absolute Gasteiger partial charge is 0.364 e. The monoisotopic (exact) mass is 293 g/mol. The number of aromatic nitrogens is 4. The van der Waals surface area contributed by atoms with Crippen molar-refractivity contribution in [3.8, 4) is 0 Å². The van der Waals surface area contributed by atoms with Crippen molar-refractivity contribution in [3.05, 3.63) is 35.9 Å². The summed E-state index contributed by atoms with van der Waals surface area (Å²) in [5.41, 5.74) is 1.81. The molecule has 0 spiro atoms. The van der Waals surface area contributed by atoms with Crippen molar-refractivity contribution in [1.29, 1.82) is 0 Å². The third kappa shape index (κ3) is 3.10. The zero-order valence-electron chi connectivity index (χ0n) is 12.3. The van der Waals surface area contributed by atoms with Gasteiger partial charge in [-0.1, -0.05) is 13.8 Å². The second-order valence-corrected chi connectivity index (χ2v) is 5.43. The zero-order valence-corrected chi connectivity index (χ0v) is 13.1. The molecule has 20 heavy (non-hydrogen) atoms. The van der Waals surface area contributed by atoms with Crippen LogP contribution in [0.15, 0.2) is 18.6 Å². The van der Waals surface area contributed by atoms with Crippen LogP contribution in [0.25, 0.3) is 0 Å². The molecule has 0 radical (unpaired) electrons. The molecule has 0 aliphatic heterocycles. The molecule has 0 N–H and O–H groups in total. The van der Waals surface area contributed by atoms with Crippen LogP contribution >= 0.6 is 11.6 Å². The fourth-order valence-corrected chi connectivity index (χ4v) is 2.16. The number of anilines is 1. The van der Waals surface area contributed by atoms with Crippen LogP contribution in [0.1, 0.15) is 37.1 Å². The summed E-state index contributed by atoms with van der Waals surface area (Å²) >= 11 is 6.03. The third-order valence-corrected chi connectivity index (χ3v) is 3.47. The fourth-order valence-electron chi connectivity index (χ4n) is 1.97. The van der Waals surface area contributed by atoms with Crippen molar-refractivity contribution in [2.75, 3.05) is 11.9 Å². The van der Waals surface area contributed by atoms with Crippen LogP contribution in [0.4, 0.5) is 5.69 Å². The first-order chi connectivity index (χ1) is 9.52. The summed E-state index contributed by atoms with van der Waals surface area (Å²) in [7, 11) is 3.98. The van der Waals surface area contributed by atoms with Crippen LogP contribution in [-0.2, 0) is 19.5 Å². The van der Waals surface area contributed by atoms with Gasteiger partial charge in [0.1, 0.15) is 11.6 Å². The van der Waals surface area contributed by atoms with E-state index in [1.54, 1.807) is 6.20 Å². The molecule has 5 nitrogen and oxygen atoms in total. The minimum atomic E-state index is 0.297. The van der Waals surface area contributed by atoms with Crippen LogP contribution in [-0.4, -0.2) is 26.6 Å². The van der Waals surface area contributed by atoms with Gasteiger partial charge in [0.25, 0.3) is 0 Å². The van der Waals surface area contributed by atoms with Crippen molar-refractivity contribution >= 4 is 17.3 Å². The molecule has 108 valence electrons. The van der Waals surface area contributed by atoms with E-state index >= 15 is 0 Å². The van der Waals surface area contributed by atoms with Gasteiger partial charge in [0, 0.05) is 32.4 Å². The van der Waals surface area contributed by atoms with Crippen LogP contribution in [0.2, 0.25) is 0 Å². The summed E-state index contributed by atoms with van der Waals surface area (Å²) in [6.07, 6.45) is 5.58. The number of aryl methyl sites for hydroxylation is 1. The number of hydrogen-bond donors (Lipinski definition) is 0. The predicted molar refractivity (Wildman–Crippen MR) is 81.0 cm³/mol. The second kappa shape index (κ2) is 6.22. The topological polar surface area (TPSA) is 46.8 Å². The highest BCUT2D eigenvalue weighted by atomic mass is 35.5. The molecular weight excluding hydrogens is 274 g/mol. The van der Waals surface area contributed by atoms with Crippen LogP contribution in [0.3, 0.4) is 0 Å². The Labute approximate surface area is 124 Å². The summed E-state index contributed by atoms with van der Waals surface area (Å²) < 4.78 is 2.00. The Morgan fingerprint density at radius 3 is 2.65 bits per heavy atom. The molecule has 0 saturated carbocycles. The summed E-state index contributed by atoms with van der Waals surface area (Å²) in [6, 6.07) is 0. The average Bonchev–Trinajstić information content (AvgIpc) is 2.83. The number of halogens is 1. The van der Waals surface area contributed by atoms with Gasteiger partial charge in [-0.3, -0.25) is 0 Å². The lowest BCUT2D eigenvalue weighted by Gasteiger charge is -2.21. The van der Waals surface area contributed by atoms with Gasteiger partial charge in [0.15, 0.2) is 0 Å². The maximum atomic E-state index is 6.03. The van der Waals surface area contributed by atoms with E-state index in [-0.39, 0.29) is 0 Å². The van der Waals surface area contributed by atoms with E-state index < -0.39 is 0 Å². The van der Waals surface area contributed by atoms with E-state index in [1.165, 1.54) is 0 Å². The maximum Gasteiger partial charge on any atom is 0.131 e. The molecule has 0 aliphatic rings. The molecule has 0 aliphatic carbocycles. The van der Waals surface area contributed by atoms with Crippen molar-refractivity contribution in [2.24, 2.45) is 7.05 Å². The molecule has 2 heterocycles. The lowest BCUT2D eigenvalue weighted by Crippen LogP contribution is -2.21.